The molecule has 0 aliphatic carbocycles. The van der Waals surface area contributed by atoms with Crippen molar-refractivity contribution in [3.8, 4) is 0 Å². The van der Waals surface area contributed by atoms with Gasteiger partial charge < -0.3 is 15.5 Å². The molecule has 1 atom stereocenters. The summed E-state index contributed by atoms with van der Waals surface area (Å²) >= 11 is 0. The minimum atomic E-state index is 0.0847. The van der Waals surface area contributed by atoms with Crippen molar-refractivity contribution in [2.45, 2.75) is 18.9 Å². The van der Waals surface area contributed by atoms with E-state index in [1.165, 1.54) is 25.9 Å². The lowest BCUT2D eigenvalue weighted by molar-refractivity contribution is -0.120. The van der Waals surface area contributed by atoms with E-state index in [9.17, 15) is 4.79 Å². The average Bonchev–Trinajstić information content (AvgIpc) is 2.27. The molecule has 0 aromatic carbocycles. The van der Waals surface area contributed by atoms with Crippen LogP contribution in [0, 0.1) is 5.92 Å². The van der Waals surface area contributed by atoms with Gasteiger partial charge in [0.15, 0.2) is 0 Å². The van der Waals surface area contributed by atoms with E-state index < -0.39 is 0 Å². The molecule has 80 valence electrons. The smallest absolute Gasteiger partial charge is 0.233 e. The third kappa shape index (κ3) is 2.07. The second-order valence-electron chi connectivity index (χ2n) is 4.30. The molecule has 0 saturated carbocycles. The van der Waals surface area contributed by atoms with Gasteiger partial charge in [0.05, 0.1) is 6.54 Å². The van der Waals surface area contributed by atoms with Gasteiger partial charge in [0.25, 0.3) is 0 Å². The van der Waals surface area contributed by atoms with Crippen molar-refractivity contribution in [2.75, 3.05) is 33.2 Å². The maximum Gasteiger partial charge on any atom is 0.233 e. The molecule has 1 amide bonds. The Kier molecular flexibility index (Phi) is 3.03. The molecule has 3 aliphatic heterocycles. The Labute approximate surface area is 85.0 Å². The highest BCUT2D eigenvalue weighted by Crippen LogP contribution is 2.27. The molecular formula is C10H19N3O. The summed E-state index contributed by atoms with van der Waals surface area (Å²) in [6.45, 7) is 4.10. The van der Waals surface area contributed by atoms with E-state index in [1.807, 2.05) is 0 Å². The van der Waals surface area contributed by atoms with Gasteiger partial charge in [0.1, 0.15) is 0 Å². The summed E-state index contributed by atoms with van der Waals surface area (Å²) in [4.78, 5) is 13.6. The number of nitrogens with one attached hydrogen (secondary N) is 2. The largest absolute Gasteiger partial charge is 0.358 e. The highest BCUT2D eigenvalue weighted by Gasteiger charge is 2.33. The van der Waals surface area contributed by atoms with Gasteiger partial charge in [0.2, 0.25) is 5.91 Å². The van der Waals surface area contributed by atoms with Crippen LogP contribution in [0.3, 0.4) is 0 Å². The number of carbonyl (C=O) groups excluding carboxylic acids is 1. The molecular weight excluding hydrogens is 178 g/mol. The van der Waals surface area contributed by atoms with E-state index in [-0.39, 0.29) is 5.91 Å². The van der Waals surface area contributed by atoms with Gasteiger partial charge in [-0.3, -0.25) is 4.79 Å². The van der Waals surface area contributed by atoms with Crippen molar-refractivity contribution in [3.05, 3.63) is 0 Å². The lowest BCUT2D eigenvalue weighted by Crippen LogP contribution is -2.57. The van der Waals surface area contributed by atoms with Crippen molar-refractivity contribution in [1.82, 2.24) is 15.5 Å². The fourth-order valence-corrected chi connectivity index (χ4v) is 2.51. The van der Waals surface area contributed by atoms with E-state index in [4.69, 9.17) is 0 Å². The molecule has 0 spiro atoms. The Hall–Kier alpha value is -0.610. The fraction of sp³-hybridized carbons (Fsp3) is 0.900. The Morgan fingerprint density at radius 2 is 2.14 bits per heavy atom. The van der Waals surface area contributed by atoms with Gasteiger partial charge in [-0.1, -0.05) is 0 Å². The quantitative estimate of drug-likeness (QED) is 0.636. The van der Waals surface area contributed by atoms with Gasteiger partial charge >= 0.3 is 0 Å². The van der Waals surface area contributed by atoms with Crippen molar-refractivity contribution >= 4 is 5.91 Å². The van der Waals surface area contributed by atoms with E-state index in [0.29, 0.717) is 12.6 Å². The number of nitrogens with zero attached hydrogens (tertiary/aromatic N) is 1. The molecule has 14 heavy (non-hydrogen) atoms. The summed E-state index contributed by atoms with van der Waals surface area (Å²) in [5.74, 6) is 0.881. The van der Waals surface area contributed by atoms with E-state index in [0.717, 1.165) is 12.5 Å². The predicted molar refractivity (Wildman–Crippen MR) is 55.0 cm³/mol. The lowest BCUT2D eigenvalue weighted by atomic mass is 9.84. The first-order chi connectivity index (χ1) is 6.79. The molecule has 2 N–H and O–H groups in total. The Balaban J connectivity index is 1.78. The van der Waals surface area contributed by atoms with Crippen LogP contribution >= 0.6 is 0 Å². The summed E-state index contributed by atoms with van der Waals surface area (Å²) in [5, 5.41) is 5.98. The molecule has 3 heterocycles. The van der Waals surface area contributed by atoms with E-state index >= 15 is 0 Å². The molecule has 0 aromatic rings. The average molecular weight is 197 g/mol. The first-order valence-corrected chi connectivity index (χ1v) is 5.46. The van der Waals surface area contributed by atoms with Crippen LogP contribution in [-0.4, -0.2) is 50.1 Å². The molecule has 4 nitrogen and oxygen atoms in total. The monoisotopic (exact) mass is 197 g/mol. The highest BCUT2D eigenvalue weighted by molar-refractivity contribution is 5.77. The molecule has 3 fully saturated rings. The number of rotatable bonds is 3. The van der Waals surface area contributed by atoms with Gasteiger partial charge in [-0.2, -0.15) is 0 Å². The zero-order valence-corrected chi connectivity index (χ0v) is 8.75. The van der Waals surface area contributed by atoms with Crippen LogP contribution in [0.5, 0.6) is 0 Å². The van der Waals surface area contributed by atoms with Gasteiger partial charge in [-0.15, -0.1) is 0 Å². The molecule has 0 aromatic heterocycles. The number of likely N-dealkylation sites (N-methyl/N-ethyl adjacent to an activating group) is 1. The molecule has 3 saturated heterocycles. The maximum absolute atomic E-state index is 11.1. The second kappa shape index (κ2) is 4.28. The molecule has 0 radical (unpaired) electrons. The van der Waals surface area contributed by atoms with Crippen LogP contribution in [0.4, 0.5) is 0 Å². The highest BCUT2D eigenvalue weighted by atomic mass is 16.1. The van der Waals surface area contributed by atoms with Crippen LogP contribution in [0.1, 0.15) is 12.8 Å². The van der Waals surface area contributed by atoms with Gasteiger partial charge in [0, 0.05) is 19.6 Å². The van der Waals surface area contributed by atoms with E-state index in [2.05, 4.69) is 15.5 Å². The Morgan fingerprint density at radius 1 is 1.43 bits per heavy atom. The molecule has 3 aliphatic rings. The van der Waals surface area contributed by atoms with Crippen LogP contribution in [0.2, 0.25) is 0 Å². The van der Waals surface area contributed by atoms with Gasteiger partial charge in [-0.25, -0.2) is 0 Å². The number of fused-ring (bicyclic) bond motifs is 3. The summed E-state index contributed by atoms with van der Waals surface area (Å²) in [5.41, 5.74) is 0. The number of amides is 1. The molecule has 4 heteroatoms. The maximum atomic E-state index is 11.1. The van der Waals surface area contributed by atoms with Crippen LogP contribution in [-0.2, 0) is 4.79 Å². The minimum Gasteiger partial charge on any atom is -0.358 e. The number of hydrogen-bond acceptors (Lipinski definition) is 3. The third-order valence-corrected chi connectivity index (χ3v) is 3.46. The Morgan fingerprint density at radius 3 is 2.64 bits per heavy atom. The van der Waals surface area contributed by atoms with E-state index in [1.54, 1.807) is 7.05 Å². The van der Waals surface area contributed by atoms with Crippen molar-refractivity contribution in [3.63, 3.8) is 0 Å². The van der Waals surface area contributed by atoms with Crippen molar-refractivity contribution in [2.24, 2.45) is 5.92 Å². The lowest BCUT2D eigenvalue weighted by Gasteiger charge is -2.45. The van der Waals surface area contributed by atoms with Crippen LogP contribution in [0.15, 0.2) is 0 Å². The summed E-state index contributed by atoms with van der Waals surface area (Å²) in [6, 6.07) is 0.537. The molecule has 2 bridgehead atoms. The fourth-order valence-electron chi connectivity index (χ4n) is 2.51. The third-order valence-electron chi connectivity index (χ3n) is 3.46. The van der Waals surface area contributed by atoms with Gasteiger partial charge in [-0.05, 0) is 31.8 Å². The zero-order chi connectivity index (χ0) is 9.97. The predicted octanol–water partition coefficient (Wildman–Crippen LogP) is -0.584. The summed E-state index contributed by atoms with van der Waals surface area (Å²) < 4.78 is 0. The first-order valence-electron chi connectivity index (χ1n) is 5.46. The number of piperidine rings is 3. The second-order valence-corrected chi connectivity index (χ2v) is 4.30. The number of carbonyl (C=O) groups is 1. The standard InChI is InChI=1S/C10H19N3O/c1-11-10(14)6-12-9-7-13-4-2-8(9)3-5-13/h8-9,12H,2-7H2,1H3,(H,11,14). The SMILES string of the molecule is CNC(=O)CNC1CN2CCC1CC2. The summed E-state index contributed by atoms with van der Waals surface area (Å²) in [6.07, 6.45) is 2.59. The van der Waals surface area contributed by atoms with Crippen molar-refractivity contribution in [1.29, 1.82) is 0 Å². The molecule has 1 unspecified atom stereocenters. The van der Waals surface area contributed by atoms with Crippen LogP contribution < -0.4 is 10.6 Å². The minimum absolute atomic E-state index is 0.0847. The number of hydrogen-bond donors (Lipinski definition) is 2. The molecule has 3 rings (SSSR count). The normalized spacial score (nSPS) is 35.6. The van der Waals surface area contributed by atoms with Crippen molar-refractivity contribution < 1.29 is 4.79 Å². The topological polar surface area (TPSA) is 44.4 Å². The Bertz CT molecular complexity index is 211. The summed E-state index contributed by atoms with van der Waals surface area (Å²) in [7, 11) is 1.68. The first kappa shape index (κ1) is 9.93. The zero-order valence-electron chi connectivity index (χ0n) is 8.75. The van der Waals surface area contributed by atoms with Crippen LogP contribution in [0.25, 0.3) is 0 Å².